The molecule has 0 heterocycles. The Morgan fingerprint density at radius 2 is 0.929 bits per heavy atom. The summed E-state index contributed by atoms with van der Waals surface area (Å²) in [6.45, 7) is 9.47. The van der Waals surface area contributed by atoms with Crippen molar-refractivity contribution in [2.45, 2.75) is 50.9 Å². The van der Waals surface area contributed by atoms with Crippen molar-refractivity contribution in [3.05, 3.63) is 222 Å². The number of para-hydroxylation sites is 2. The van der Waals surface area contributed by atoms with Crippen molar-refractivity contribution in [3.63, 3.8) is 0 Å². The molecule has 0 saturated heterocycles. The summed E-state index contributed by atoms with van der Waals surface area (Å²) in [5.74, 6) is 0.442. The second-order valence-corrected chi connectivity index (χ2v) is 16.6. The van der Waals surface area contributed by atoms with E-state index in [1.807, 2.05) is 0 Å². The van der Waals surface area contributed by atoms with Crippen LogP contribution < -0.4 is 9.80 Å². The zero-order chi connectivity index (χ0) is 38.0. The van der Waals surface area contributed by atoms with Crippen molar-refractivity contribution in [1.29, 1.82) is 0 Å². The van der Waals surface area contributed by atoms with Crippen molar-refractivity contribution in [2.75, 3.05) is 9.80 Å². The third-order valence-electron chi connectivity index (χ3n) is 12.7. The van der Waals surface area contributed by atoms with Crippen LogP contribution >= 0.6 is 0 Å². The average Bonchev–Trinajstić information content (AvgIpc) is 3.61. The normalized spacial score (nSPS) is 16.8. The van der Waals surface area contributed by atoms with Crippen LogP contribution in [0, 0.1) is 0 Å². The first-order valence-corrected chi connectivity index (χ1v) is 20.0. The van der Waals surface area contributed by atoms with E-state index in [-0.39, 0.29) is 10.8 Å². The highest BCUT2D eigenvalue weighted by atomic mass is 15.2. The van der Waals surface area contributed by atoms with E-state index in [1.54, 1.807) is 0 Å². The van der Waals surface area contributed by atoms with Gasteiger partial charge >= 0.3 is 0 Å². The van der Waals surface area contributed by atoms with Gasteiger partial charge in [-0.1, -0.05) is 155 Å². The predicted molar refractivity (Wildman–Crippen MR) is 236 cm³/mol. The molecule has 0 radical (unpaired) electrons. The molecule has 3 aliphatic carbocycles. The lowest BCUT2D eigenvalue weighted by atomic mass is 9.78. The highest BCUT2D eigenvalue weighted by molar-refractivity contribution is 5.86. The molecule has 1 unspecified atom stereocenters. The van der Waals surface area contributed by atoms with Gasteiger partial charge in [0, 0.05) is 50.9 Å². The van der Waals surface area contributed by atoms with Gasteiger partial charge in [-0.25, -0.2) is 0 Å². The molecule has 0 spiro atoms. The van der Waals surface area contributed by atoms with Gasteiger partial charge in [0.15, 0.2) is 0 Å². The fourth-order valence-corrected chi connectivity index (χ4v) is 9.76. The highest BCUT2D eigenvalue weighted by Crippen LogP contribution is 2.54. The van der Waals surface area contributed by atoms with Crippen molar-refractivity contribution in [1.82, 2.24) is 0 Å². The van der Waals surface area contributed by atoms with E-state index in [9.17, 15) is 0 Å². The SMILES string of the molecule is CC1(C)C2=CC(N(c3ccccc3)c3ccc(-c4ccc(N(c5ccccc5)c5ccc6c(c5)C(C)(C)c5ccccc5-6)cc4)cc3)=CCC2c2ccccc21. The molecule has 7 aromatic rings. The number of nitrogens with zero attached hydrogens (tertiary/aromatic N) is 2. The molecule has 0 amide bonds. The number of benzene rings is 7. The van der Waals surface area contributed by atoms with Crippen LogP contribution in [0.2, 0.25) is 0 Å². The first kappa shape index (κ1) is 34.1. The zero-order valence-corrected chi connectivity index (χ0v) is 32.6. The molecule has 0 fully saturated rings. The molecule has 1 atom stereocenters. The summed E-state index contributed by atoms with van der Waals surface area (Å²) in [5, 5.41) is 0. The quantitative estimate of drug-likeness (QED) is 0.162. The molecule has 10 rings (SSSR count). The third kappa shape index (κ3) is 5.46. The Labute approximate surface area is 331 Å². The summed E-state index contributed by atoms with van der Waals surface area (Å²) in [5.41, 5.74) is 19.2. The molecule has 7 aromatic carbocycles. The Kier molecular flexibility index (Phi) is 8.01. The van der Waals surface area contributed by atoms with Crippen LogP contribution in [0.1, 0.15) is 62.3 Å². The van der Waals surface area contributed by atoms with E-state index in [4.69, 9.17) is 0 Å². The van der Waals surface area contributed by atoms with Gasteiger partial charge in [-0.15, -0.1) is 0 Å². The molecule has 0 N–H and O–H groups in total. The number of fused-ring (bicyclic) bond motifs is 6. The van der Waals surface area contributed by atoms with Gasteiger partial charge in [0.2, 0.25) is 0 Å². The van der Waals surface area contributed by atoms with Crippen LogP contribution in [0.25, 0.3) is 22.3 Å². The van der Waals surface area contributed by atoms with Crippen LogP contribution in [-0.2, 0) is 10.8 Å². The number of allylic oxidation sites excluding steroid dienone is 3. The van der Waals surface area contributed by atoms with Gasteiger partial charge in [-0.05, 0) is 118 Å². The van der Waals surface area contributed by atoms with Gasteiger partial charge < -0.3 is 9.80 Å². The largest absolute Gasteiger partial charge is 0.311 e. The molecule has 0 saturated carbocycles. The Morgan fingerprint density at radius 3 is 1.59 bits per heavy atom. The summed E-state index contributed by atoms with van der Waals surface area (Å²) >= 11 is 0. The molecular weight excluding hydrogens is 677 g/mol. The number of anilines is 5. The van der Waals surface area contributed by atoms with Crippen LogP contribution in [0.15, 0.2) is 199 Å². The zero-order valence-electron chi connectivity index (χ0n) is 32.6. The van der Waals surface area contributed by atoms with Gasteiger partial charge in [0.1, 0.15) is 0 Å². The standard InChI is InChI=1S/C54H46N2/c1-53(2)49-21-13-11-19-45(49)47-33-31-43(35-51(47)53)55(39-15-7-5-8-16-39)41-27-23-37(24-28-41)38-25-29-42(30-26-38)56(40-17-9-6-10-18-40)44-32-34-48-46-20-12-14-22-50(46)54(3,4)52(48)36-44/h5-33,35-36,48H,34H2,1-4H3. The Hall–Kier alpha value is -6.38. The first-order chi connectivity index (χ1) is 27.3. The fourth-order valence-electron chi connectivity index (χ4n) is 9.76. The Bertz CT molecular complexity index is 2650. The second kappa shape index (κ2) is 13.1. The summed E-state index contributed by atoms with van der Waals surface area (Å²) in [4.78, 5) is 4.80. The van der Waals surface area contributed by atoms with Crippen LogP contribution in [0.5, 0.6) is 0 Å². The number of hydrogen-bond donors (Lipinski definition) is 0. The van der Waals surface area contributed by atoms with Crippen molar-refractivity contribution >= 4 is 28.4 Å². The second-order valence-electron chi connectivity index (χ2n) is 16.6. The summed E-state index contributed by atoms with van der Waals surface area (Å²) in [6.07, 6.45) is 5.91. The molecule has 3 aliphatic rings. The monoisotopic (exact) mass is 722 g/mol. The van der Waals surface area contributed by atoms with Crippen LogP contribution in [0.4, 0.5) is 28.4 Å². The van der Waals surface area contributed by atoms with Gasteiger partial charge in [-0.3, -0.25) is 0 Å². The lowest BCUT2D eigenvalue weighted by Crippen LogP contribution is -2.22. The van der Waals surface area contributed by atoms with E-state index < -0.39 is 0 Å². The molecule has 2 nitrogen and oxygen atoms in total. The number of rotatable bonds is 7. The van der Waals surface area contributed by atoms with Crippen molar-refractivity contribution < 1.29 is 0 Å². The average molecular weight is 723 g/mol. The molecule has 0 bridgehead atoms. The van der Waals surface area contributed by atoms with E-state index in [0.717, 1.165) is 29.2 Å². The highest BCUT2D eigenvalue weighted by Gasteiger charge is 2.42. The van der Waals surface area contributed by atoms with Gasteiger partial charge in [0.05, 0.1) is 0 Å². The summed E-state index contributed by atoms with van der Waals surface area (Å²) in [7, 11) is 0. The number of hydrogen-bond acceptors (Lipinski definition) is 2. The smallest absolute Gasteiger partial charge is 0.0465 e. The molecular formula is C54H46N2. The predicted octanol–water partition coefficient (Wildman–Crippen LogP) is 14.6. The topological polar surface area (TPSA) is 6.48 Å². The van der Waals surface area contributed by atoms with Crippen LogP contribution in [-0.4, -0.2) is 0 Å². The van der Waals surface area contributed by atoms with Gasteiger partial charge in [-0.2, -0.15) is 0 Å². The maximum atomic E-state index is 2.47. The maximum Gasteiger partial charge on any atom is 0.0465 e. The minimum Gasteiger partial charge on any atom is -0.311 e. The Balaban J connectivity index is 0.970. The lowest BCUT2D eigenvalue weighted by Gasteiger charge is -2.33. The molecule has 2 heteroatoms. The maximum absolute atomic E-state index is 2.47. The Morgan fingerprint density at radius 1 is 0.429 bits per heavy atom. The van der Waals surface area contributed by atoms with E-state index >= 15 is 0 Å². The molecule has 272 valence electrons. The van der Waals surface area contributed by atoms with E-state index in [1.165, 1.54) is 61.5 Å². The lowest BCUT2D eigenvalue weighted by molar-refractivity contribution is 0.609. The third-order valence-corrected chi connectivity index (χ3v) is 12.7. The van der Waals surface area contributed by atoms with Crippen LogP contribution in [0.3, 0.4) is 0 Å². The molecule has 0 aromatic heterocycles. The van der Waals surface area contributed by atoms with Crippen molar-refractivity contribution in [2.24, 2.45) is 0 Å². The summed E-state index contributed by atoms with van der Waals surface area (Å²) < 4.78 is 0. The fraction of sp³-hybridized carbons (Fsp3) is 0.148. The van der Waals surface area contributed by atoms with E-state index in [2.05, 4.69) is 226 Å². The minimum absolute atomic E-state index is 0.00176. The first-order valence-electron chi connectivity index (χ1n) is 20.0. The minimum atomic E-state index is -0.0673. The van der Waals surface area contributed by atoms with E-state index in [0.29, 0.717) is 5.92 Å². The summed E-state index contributed by atoms with van der Waals surface area (Å²) in [6, 6.07) is 64.5. The van der Waals surface area contributed by atoms with Crippen molar-refractivity contribution in [3.8, 4) is 22.3 Å². The molecule has 56 heavy (non-hydrogen) atoms. The molecule has 0 aliphatic heterocycles. The van der Waals surface area contributed by atoms with Gasteiger partial charge in [0.25, 0.3) is 0 Å².